The van der Waals surface area contributed by atoms with Crippen LogP contribution in [0.25, 0.3) is 10.7 Å². The van der Waals surface area contributed by atoms with Gasteiger partial charge in [-0.2, -0.15) is 0 Å². The highest BCUT2D eigenvalue weighted by Crippen LogP contribution is 2.27. The van der Waals surface area contributed by atoms with Crippen molar-refractivity contribution in [3.8, 4) is 10.7 Å². The van der Waals surface area contributed by atoms with E-state index in [0.29, 0.717) is 33.5 Å². The van der Waals surface area contributed by atoms with Gasteiger partial charge in [0.15, 0.2) is 6.61 Å². The number of carbonyl (C=O) groups excluding carboxylic acids is 2. The lowest BCUT2D eigenvalue weighted by molar-refractivity contribution is -0.121. The van der Waals surface area contributed by atoms with Crippen molar-refractivity contribution in [2.45, 2.75) is 13.8 Å². The summed E-state index contributed by atoms with van der Waals surface area (Å²) in [5, 5.41) is 0.609. The molecule has 2 aromatic heterocycles. The van der Waals surface area contributed by atoms with Gasteiger partial charge in [0.05, 0.1) is 11.4 Å². The van der Waals surface area contributed by atoms with Crippen molar-refractivity contribution in [3.05, 3.63) is 65.0 Å². The third-order valence-electron chi connectivity index (χ3n) is 3.95. The fourth-order valence-corrected chi connectivity index (χ4v) is 3.52. The smallest absolute Gasteiger partial charge is 0.350 e. The van der Waals surface area contributed by atoms with Crippen LogP contribution in [0.3, 0.4) is 0 Å². The number of anilines is 1. The van der Waals surface area contributed by atoms with Crippen LogP contribution in [0, 0.1) is 12.7 Å². The lowest BCUT2D eigenvalue weighted by Crippen LogP contribution is -2.34. The number of hydrogen-bond donors (Lipinski definition) is 0. The highest BCUT2D eigenvalue weighted by molar-refractivity contribution is 7.17. The van der Waals surface area contributed by atoms with Gasteiger partial charge in [-0.3, -0.25) is 9.78 Å². The SMILES string of the molecule is CCN(C(=O)COC(=O)c1sc(-c2ccccn2)nc1C)c1ccc(F)cc1. The number of likely N-dealkylation sites (N-methyl/N-ethyl adjacent to an activating group) is 1. The van der Waals surface area contributed by atoms with Gasteiger partial charge in [0.2, 0.25) is 0 Å². The fourth-order valence-electron chi connectivity index (χ4n) is 2.58. The summed E-state index contributed by atoms with van der Waals surface area (Å²) in [4.78, 5) is 35.2. The first-order chi connectivity index (χ1) is 13.5. The normalized spacial score (nSPS) is 10.5. The second-order valence-corrected chi connectivity index (χ2v) is 6.84. The average molecular weight is 399 g/mol. The number of hydrogen-bond acceptors (Lipinski definition) is 6. The zero-order chi connectivity index (χ0) is 20.1. The molecule has 0 N–H and O–H groups in total. The van der Waals surface area contributed by atoms with Gasteiger partial charge in [-0.05, 0) is 50.2 Å². The predicted molar refractivity (Wildman–Crippen MR) is 105 cm³/mol. The van der Waals surface area contributed by atoms with Crippen LogP contribution in [-0.2, 0) is 9.53 Å². The number of amides is 1. The minimum Gasteiger partial charge on any atom is -0.451 e. The molecular formula is C20H18FN3O3S. The summed E-state index contributed by atoms with van der Waals surface area (Å²) in [7, 11) is 0. The van der Waals surface area contributed by atoms with Gasteiger partial charge >= 0.3 is 5.97 Å². The van der Waals surface area contributed by atoms with E-state index in [1.807, 2.05) is 6.07 Å². The second kappa shape index (κ2) is 8.71. The number of aryl methyl sites for hydroxylation is 1. The first-order valence-corrected chi connectivity index (χ1v) is 9.43. The summed E-state index contributed by atoms with van der Waals surface area (Å²) in [6.45, 7) is 3.44. The molecule has 8 heteroatoms. The molecule has 1 amide bonds. The number of carbonyl (C=O) groups is 2. The molecule has 0 saturated carbocycles. The standard InChI is InChI=1S/C20H18FN3O3S/c1-3-24(15-9-7-14(21)8-10-15)17(25)12-27-20(26)18-13(2)23-19(28-18)16-6-4-5-11-22-16/h4-11H,3,12H2,1-2H3. The van der Waals surface area contributed by atoms with E-state index in [9.17, 15) is 14.0 Å². The summed E-state index contributed by atoms with van der Waals surface area (Å²) in [5.41, 5.74) is 1.73. The number of thiazole rings is 1. The Bertz CT molecular complexity index is 974. The fraction of sp³-hybridized carbons (Fsp3) is 0.200. The van der Waals surface area contributed by atoms with Crippen LogP contribution in [0.5, 0.6) is 0 Å². The Hall–Kier alpha value is -3.13. The number of rotatable bonds is 6. The van der Waals surface area contributed by atoms with Crippen LogP contribution in [0.15, 0.2) is 48.7 Å². The Labute approximate surface area is 165 Å². The quantitative estimate of drug-likeness (QED) is 0.589. The van der Waals surface area contributed by atoms with Crippen molar-refractivity contribution in [1.82, 2.24) is 9.97 Å². The van der Waals surface area contributed by atoms with E-state index in [1.54, 1.807) is 32.2 Å². The maximum Gasteiger partial charge on any atom is 0.350 e. The number of aromatic nitrogens is 2. The molecule has 0 aliphatic rings. The zero-order valence-electron chi connectivity index (χ0n) is 15.4. The molecule has 3 aromatic rings. The summed E-state index contributed by atoms with van der Waals surface area (Å²) >= 11 is 1.17. The first-order valence-electron chi connectivity index (χ1n) is 8.61. The predicted octanol–water partition coefficient (Wildman–Crippen LogP) is 3.86. The molecule has 2 heterocycles. The molecule has 0 bridgehead atoms. The van der Waals surface area contributed by atoms with Gasteiger partial charge in [-0.1, -0.05) is 6.07 Å². The van der Waals surface area contributed by atoms with Gasteiger partial charge in [-0.25, -0.2) is 14.2 Å². The molecular weight excluding hydrogens is 381 g/mol. The van der Waals surface area contributed by atoms with Gasteiger partial charge in [0.25, 0.3) is 5.91 Å². The lowest BCUT2D eigenvalue weighted by atomic mass is 10.2. The summed E-state index contributed by atoms with van der Waals surface area (Å²) in [6, 6.07) is 11.0. The van der Waals surface area contributed by atoms with Crippen molar-refractivity contribution in [3.63, 3.8) is 0 Å². The van der Waals surface area contributed by atoms with Crippen molar-refractivity contribution >= 4 is 28.9 Å². The van der Waals surface area contributed by atoms with E-state index >= 15 is 0 Å². The number of pyridine rings is 1. The van der Waals surface area contributed by atoms with Crippen LogP contribution in [0.4, 0.5) is 10.1 Å². The first kappa shape index (κ1) is 19.6. The van der Waals surface area contributed by atoms with E-state index < -0.39 is 18.5 Å². The minimum absolute atomic E-state index is 0.332. The molecule has 0 aliphatic carbocycles. The van der Waals surface area contributed by atoms with E-state index in [2.05, 4.69) is 9.97 Å². The molecule has 0 atom stereocenters. The van der Waals surface area contributed by atoms with Crippen LogP contribution < -0.4 is 4.90 Å². The molecule has 1 aromatic carbocycles. The average Bonchev–Trinajstić information content (AvgIpc) is 3.10. The Kier molecular flexibility index (Phi) is 6.10. The van der Waals surface area contributed by atoms with E-state index in [1.165, 1.54) is 40.5 Å². The minimum atomic E-state index is -0.610. The molecule has 0 spiro atoms. The van der Waals surface area contributed by atoms with Gasteiger partial charge < -0.3 is 9.64 Å². The maximum atomic E-state index is 13.1. The number of ether oxygens (including phenoxy) is 1. The summed E-state index contributed by atoms with van der Waals surface area (Å²) < 4.78 is 18.3. The Morgan fingerprint density at radius 2 is 1.93 bits per heavy atom. The maximum absolute atomic E-state index is 13.1. The highest BCUT2D eigenvalue weighted by atomic mass is 32.1. The molecule has 0 fully saturated rings. The van der Waals surface area contributed by atoms with Crippen LogP contribution >= 0.6 is 11.3 Å². The molecule has 0 unspecified atom stereocenters. The molecule has 0 aliphatic heterocycles. The third kappa shape index (κ3) is 4.40. The zero-order valence-corrected chi connectivity index (χ0v) is 16.2. The highest BCUT2D eigenvalue weighted by Gasteiger charge is 2.21. The van der Waals surface area contributed by atoms with Gasteiger partial charge in [-0.15, -0.1) is 11.3 Å². The van der Waals surface area contributed by atoms with Crippen molar-refractivity contribution in [2.24, 2.45) is 0 Å². The van der Waals surface area contributed by atoms with E-state index in [0.717, 1.165) is 0 Å². The van der Waals surface area contributed by atoms with Crippen LogP contribution in [-0.4, -0.2) is 35.0 Å². The van der Waals surface area contributed by atoms with E-state index in [-0.39, 0.29) is 5.82 Å². The number of halogens is 1. The molecule has 6 nitrogen and oxygen atoms in total. The van der Waals surface area contributed by atoms with Crippen LogP contribution in [0.2, 0.25) is 0 Å². The van der Waals surface area contributed by atoms with Crippen molar-refractivity contribution < 1.29 is 18.7 Å². The lowest BCUT2D eigenvalue weighted by Gasteiger charge is -2.20. The molecule has 28 heavy (non-hydrogen) atoms. The third-order valence-corrected chi connectivity index (χ3v) is 5.11. The number of benzene rings is 1. The topological polar surface area (TPSA) is 72.4 Å². The molecule has 0 saturated heterocycles. The number of nitrogens with zero attached hydrogens (tertiary/aromatic N) is 3. The van der Waals surface area contributed by atoms with Gasteiger partial charge in [0.1, 0.15) is 15.7 Å². The Morgan fingerprint density at radius 1 is 1.18 bits per heavy atom. The summed E-state index contributed by atoms with van der Waals surface area (Å²) in [5.74, 6) is -1.39. The Balaban J connectivity index is 1.67. The van der Waals surface area contributed by atoms with Crippen molar-refractivity contribution in [1.29, 1.82) is 0 Å². The van der Waals surface area contributed by atoms with Gasteiger partial charge in [0, 0.05) is 18.4 Å². The largest absolute Gasteiger partial charge is 0.451 e. The Morgan fingerprint density at radius 3 is 2.57 bits per heavy atom. The van der Waals surface area contributed by atoms with Crippen LogP contribution in [0.1, 0.15) is 22.3 Å². The second-order valence-electron chi connectivity index (χ2n) is 5.84. The molecule has 3 rings (SSSR count). The monoisotopic (exact) mass is 399 g/mol. The number of esters is 1. The molecule has 0 radical (unpaired) electrons. The van der Waals surface area contributed by atoms with E-state index in [4.69, 9.17) is 4.74 Å². The van der Waals surface area contributed by atoms with Crippen molar-refractivity contribution in [2.75, 3.05) is 18.1 Å². The molecule has 144 valence electrons. The summed E-state index contributed by atoms with van der Waals surface area (Å²) in [6.07, 6.45) is 1.65.